The first-order chi connectivity index (χ1) is 8.56. The summed E-state index contributed by atoms with van der Waals surface area (Å²) in [5.41, 5.74) is 0. The van der Waals surface area contributed by atoms with Crippen LogP contribution in [0.4, 0.5) is 0 Å². The maximum atomic E-state index is 11.7. The molecular weight excluding hydrogens is 282 g/mol. The molecule has 0 aliphatic carbocycles. The van der Waals surface area contributed by atoms with Crippen LogP contribution in [-0.2, 0) is 14.8 Å². The van der Waals surface area contributed by atoms with Crippen molar-refractivity contribution in [3.05, 3.63) is 17.7 Å². The number of nitrogens with zero attached hydrogens (tertiary/aromatic N) is 2. The number of halogens is 1. The van der Waals surface area contributed by atoms with E-state index in [2.05, 4.69) is 14.7 Å². The van der Waals surface area contributed by atoms with Crippen LogP contribution in [0, 0.1) is 0 Å². The van der Waals surface area contributed by atoms with Crippen LogP contribution in [-0.4, -0.2) is 49.9 Å². The van der Waals surface area contributed by atoms with Gasteiger partial charge in [0.25, 0.3) is 0 Å². The fraction of sp³-hybridized carbons (Fsp3) is 0.556. The van der Waals surface area contributed by atoms with Gasteiger partial charge in [-0.3, -0.25) is 0 Å². The van der Waals surface area contributed by atoms with Crippen molar-refractivity contribution in [1.82, 2.24) is 14.7 Å². The minimum Gasteiger partial charge on any atom is -0.394 e. The third kappa shape index (κ3) is 5.23. The molecule has 1 rings (SSSR count). The molecule has 0 radical (unpaired) electrons. The fourth-order valence-corrected chi connectivity index (χ4v) is 2.13. The van der Waals surface area contributed by atoms with Crippen molar-refractivity contribution in [2.24, 2.45) is 0 Å². The Morgan fingerprint density at radius 3 is 2.61 bits per heavy atom. The number of aromatic nitrogens is 2. The van der Waals surface area contributed by atoms with Gasteiger partial charge in [-0.25, -0.2) is 23.1 Å². The van der Waals surface area contributed by atoms with Gasteiger partial charge in [0.15, 0.2) is 0 Å². The maximum absolute atomic E-state index is 11.7. The van der Waals surface area contributed by atoms with Crippen LogP contribution in [0.1, 0.15) is 6.42 Å². The highest BCUT2D eigenvalue weighted by Gasteiger charge is 2.14. The Hall–Kier alpha value is -0.800. The Bertz CT molecular complexity index is 451. The van der Waals surface area contributed by atoms with Gasteiger partial charge in [0, 0.05) is 13.2 Å². The van der Waals surface area contributed by atoms with E-state index in [0.29, 0.717) is 13.0 Å². The molecule has 7 nitrogen and oxygen atoms in total. The lowest BCUT2D eigenvalue weighted by molar-refractivity contribution is 0.0913. The van der Waals surface area contributed by atoms with Gasteiger partial charge in [0.1, 0.15) is 4.90 Å². The highest BCUT2D eigenvalue weighted by molar-refractivity contribution is 7.89. The molecule has 102 valence electrons. The van der Waals surface area contributed by atoms with Gasteiger partial charge in [-0.15, -0.1) is 0 Å². The van der Waals surface area contributed by atoms with E-state index in [9.17, 15) is 8.42 Å². The molecule has 9 heteroatoms. The van der Waals surface area contributed by atoms with E-state index < -0.39 is 10.0 Å². The summed E-state index contributed by atoms with van der Waals surface area (Å²) in [5.74, 6) is 0. The highest BCUT2D eigenvalue weighted by atomic mass is 35.5. The summed E-state index contributed by atoms with van der Waals surface area (Å²) >= 11 is 5.46. The number of rotatable bonds is 8. The molecule has 0 aliphatic heterocycles. The van der Waals surface area contributed by atoms with Gasteiger partial charge in [-0.05, 0) is 18.0 Å². The number of sulfonamides is 1. The Labute approximate surface area is 110 Å². The lowest BCUT2D eigenvalue weighted by Gasteiger charge is -2.06. The summed E-state index contributed by atoms with van der Waals surface area (Å²) in [6.45, 7) is 0.808. The van der Waals surface area contributed by atoms with Crippen molar-refractivity contribution in [3.8, 4) is 0 Å². The molecule has 0 aliphatic rings. The smallest absolute Gasteiger partial charge is 0.243 e. The molecule has 0 amide bonds. The standard InChI is InChI=1S/C9H14ClN3O4S/c10-9-11-6-8(7-12-9)18(15,16)13-2-1-4-17-5-3-14/h6-7,13-14H,1-5H2. The number of aliphatic hydroxyl groups is 1. The van der Waals surface area contributed by atoms with Crippen LogP contribution >= 0.6 is 11.6 Å². The molecule has 18 heavy (non-hydrogen) atoms. The van der Waals surface area contributed by atoms with Gasteiger partial charge >= 0.3 is 0 Å². The van der Waals surface area contributed by atoms with Crippen LogP contribution in [0.15, 0.2) is 17.3 Å². The average Bonchev–Trinajstić information content (AvgIpc) is 2.34. The van der Waals surface area contributed by atoms with E-state index in [1.165, 1.54) is 0 Å². The van der Waals surface area contributed by atoms with Gasteiger partial charge in [-0.2, -0.15) is 0 Å². The minimum absolute atomic E-state index is 0.00801. The molecule has 0 atom stereocenters. The molecule has 0 spiro atoms. The molecule has 1 heterocycles. The first-order valence-corrected chi connectivity index (χ1v) is 7.08. The van der Waals surface area contributed by atoms with Gasteiger partial charge in [-0.1, -0.05) is 0 Å². The number of hydrogen-bond donors (Lipinski definition) is 2. The average molecular weight is 296 g/mol. The van der Waals surface area contributed by atoms with Crippen molar-refractivity contribution in [2.75, 3.05) is 26.4 Å². The third-order valence-corrected chi connectivity index (χ3v) is 3.51. The van der Waals surface area contributed by atoms with Crippen molar-refractivity contribution >= 4 is 21.6 Å². The number of aliphatic hydroxyl groups excluding tert-OH is 1. The predicted octanol–water partition coefficient (Wildman–Crippen LogP) is -0.193. The second kappa shape index (κ2) is 7.59. The van der Waals surface area contributed by atoms with E-state index in [0.717, 1.165) is 12.4 Å². The van der Waals surface area contributed by atoms with Crippen molar-refractivity contribution < 1.29 is 18.3 Å². The molecule has 0 bridgehead atoms. The molecule has 0 fully saturated rings. The van der Waals surface area contributed by atoms with Crippen LogP contribution in [0.25, 0.3) is 0 Å². The maximum Gasteiger partial charge on any atom is 0.243 e. The van der Waals surface area contributed by atoms with Crippen LogP contribution < -0.4 is 4.72 Å². The summed E-state index contributed by atoms with van der Waals surface area (Å²) in [5, 5.41) is 8.45. The first kappa shape index (κ1) is 15.3. The Kier molecular flexibility index (Phi) is 6.44. The van der Waals surface area contributed by atoms with Crippen LogP contribution in [0.3, 0.4) is 0 Å². The molecule has 0 saturated carbocycles. The predicted molar refractivity (Wildman–Crippen MR) is 64.8 cm³/mol. The fourth-order valence-electron chi connectivity index (χ4n) is 1.07. The van der Waals surface area contributed by atoms with Crippen LogP contribution in [0.5, 0.6) is 0 Å². The SMILES string of the molecule is O=S(=O)(NCCCOCCO)c1cnc(Cl)nc1. The summed E-state index contributed by atoms with van der Waals surface area (Å²) in [6.07, 6.45) is 2.79. The molecular formula is C9H14ClN3O4S. The summed E-state index contributed by atoms with van der Waals surface area (Å²) in [4.78, 5) is 7.15. The molecule has 2 N–H and O–H groups in total. The molecule has 1 aromatic heterocycles. The molecule has 0 unspecified atom stereocenters. The zero-order valence-electron chi connectivity index (χ0n) is 9.54. The van der Waals surface area contributed by atoms with Gasteiger partial charge < -0.3 is 9.84 Å². The first-order valence-electron chi connectivity index (χ1n) is 5.22. The van der Waals surface area contributed by atoms with E-state index >= 15 is 0 Å². The monoisotopic (exact) mass is 295 g/mol. The van der Waals surface area contributed by atoms with Crippen molar-refractivity contribution in [1.29, 1.82) is 0 Å². The largest absolute Gasteiger partial charge is 0.394 e. The topological polar surface area (TPSA) is 101 Å². The Balaban J connectivity index is 2.38. The molecule has 0 saturated heterocycles. The number of nitrogens with one attached hydrogen (secondary N) is 1. The lowest BCUT2D eigenvalue weighted by atomic mass is 10.5. The normalized spacial score (nSPS) is 11.7. The minimum atomic E-state index is -3.61. The van der Waals surface area contributed by atoms with Gasteiger partial charge in [0.2, 0.25) is 15.3 Å². The number of hydrogen-bond acceptors (Lipinski definition) is 6. The third-order valence-electron chi connectivity index (χ3n) is 1.90. The highest BCUT2D eigenvalue weighted by Crippen LogP contribution is 2.07. The number of ether oxygens (including phenoxy) is 1. The molecule has 1 aromatic rings. The second-order valence-electron chi connectivity index (χ2n) is 3.28. The van der Waals surface area contributed by atoms with Crippen molar-refractivity contribution in [3.63, 3.8) is 0 Å². The zero-order chi connectivity index (χ0) is 13.4. The summed E-state index contributed by atoms with van der Waals surface area (Å²) in [6, 6.07) is 0. The second-order valence-corrected chi connectivity index (χ2v) is 5.38. The molecule has 0 aromatic carbocycles. The van der Waals surface area contributed by atoms with E-state index in [-0.39, 0.29) is 29.9 Å². The summed E-state index contributed by atoms with van der Waals surface area (Å²) in [7, 11) is -3.61. The zero-order valence-corrected chi connectivity index (χ0v) is 11.1. The van der Waals surface area contributed by atoms with Crippen molar-refractivity contribution in [2.45, 2.75) is 11.3 Å². The van der Waals surface area contributed by atoms with E-state index in [1.807, 2.05) is 0 Å². The quantitative estimate of drug-likeness (QED) is 0.509. The Morgan fingerprint density at radius 1 is 1.33 bits per heavy atom. The van der Waals surface area contributed by atoms with E-state index in [4.69, 9.17) is 21.4 Å². The van der Waals surface area contributed by atoms with E-state index in [1.54, 1.807) is 0 Å². The van der Waals surface area contributed by atoms with Crippen LogP contribution in [0.2, 0.25) is 5.28 Å². The summed E-state index contributed by atoms with van der Waals surface area (Å²) < 4.78 is 30.8. The van der Waals surface area contributed by atoms with Gasteiger partial charge in [0.05, 0.1) is 25.6 Å². The Morgan fingerprint density at radius 2 is 2.00 bits per heavy atom. The lowest BCUT2D eigenvalue weighted by Crippen LogP contribution is -2.26.